The van der Waals surface area contributed by atoms with E-state index in [9.17, 15) is 0 Å². The lowest BCUT2D eigenvalue weighted by atomic mass is 10.1. The van der Waals surface area contributed by atoms with Crippen LogP contribution in [0.1, 0.15) is 11.1 Å². The highest BCUT2D eigenvalue weighted by Gasteiger charge is 2.00. The normalized spacial score (nSPS) is 10.6. The number of benzene rings is 1. The number of aromatic nitrogens is 2. The van der Waals surface area contributed by atoms with Crippen LogP contribution >= 0.6 is 27.5 Å². The fourth-order valence-corrected chi connectivity index (χ4v) is 1.86. The molecule has 0 aliphatic rings. The largest absolute Gasteiger partial charge is 0.267 e. The van der Waals surface area contributed by atoms with Crippen molar-refractivity contribution in [3.8, 4) is 0 Å². The van der Waals surface area contributed by atoms with Crippen LogP contribution in [0.3, 0.4) is 0 Å². The Kier molecular flexibility index (Phi) is 3.12. The Morgan fingerprint density at radius 1 is 1.47 bits per heavy atom. The summed E-state index contributed by atoms with van der Waals surface area (Å²) in [6, 6.07) is 6.02. The van der Waals surface area contributed by atoms with E-state index in [4.69, 9.17) is 11.6 Å². The number of aryl methyl sites for hydroxylation is 1. The SMILES string of the molecule is Cc1cc(Cn2cc(Br)cn2)ccc1Cl. The van der Waals surface area contributed by atoms with E-state index in [1.165, 1.54) is 5.56 Å². The summed E-state index contributed by atoms with van der Waals surface area (Å²) in [4.78, 5) is 0. The summed E-state index contributed by atoms with van der Waals surface area (Å²) in [6.07, 6.45) is 3.73. The maximum absolute atomic E-state index is 5.96. The maximum atomic E-state index is 5.96. The van der Waals surface area contributed by atoms with E-state index in [0.29, 0.717) is 0 Å². The minimum Gasteiger partial charge on any atom is -0.267 e. The summed E-state index contributed by atoms with van der Waals surface area (Å²) in [5, 5.41) is 5.01. The second-order valence-electron chi connectivity index (χ2n) is 3.44. The minimum absolute atomic E-state index is 0.767. The molecule has 0 radical (unpaired) electrons. The molecule has 0 atom stereocenters. The van der Waals surface area contributed by atoms with E-state index in [2.05, 4.69) is 27.1 Å². The molecule has 0 bridgehead atoms. The third kappa shape index (κ3) is 2.61. The van der Waals surface area contributed by atoms with Crippen molar-refractivity contribution in [2.24, 2.45) is 0 Å². The van der Waals surface area contributed by atoms with E-state index >= 15 is 0 Å². The van der Waals surface area contributed by atoms with Gasteiger partial charge in [0.25, 0.3) is 0 Å². The molecule has 78 valence electrons. The predicted molar refractivity (Wildman–Crippen MR) is 65.2 cm³/mol. The van der Waals surface area contributed by atoms with Gasteiger partial charge in [0, 0.05) is 11.2 Å². The first kappa shape index (κ1) is 10.7. The molecule has 1 aromatic heterocycles. The lowest BCUT2D eigenvalue weighted by Gasteiger charge is -2.04. The van der Waals surface area contributed by atoms with E-state index in [0.717, 1.165) is 21.6 Å². The van der Waals surface area contributed by atoms with Gasteiger partial charge in [-0.1, -0.05) is 23.7 Å². The lowest BCUT2D eigenvalue weighted by Crippen LogP contribution is -1.99. The highest BCUT2D eigenvalue weighted by molar-refractivity contribution is 9.10. The monoisotopic (exact) mass is 284 g/mol. The third-order valence-electron chi connectivity index (χ3n) is 2.17. The molecule has 2 rings (SSSR count). The molecule has 2 aromatic rings. The minimum atomic E-state index is 0.767. The number of halogens is 2. The molecule has 0 spiro atoms. The molecule has 4 heteroatoms. The fraction of sp³-hybridized carbons (Fsp3) is 0.182. The molecule has 0 saturated heterocycles. The van der Waals surface area contributed by atoms with Crippen LogP contribution in [0, 0.1) is 6.92 Å². The Morgan fingerprint density at radius 2 is 2.27 bits per heavy atom. The molecule has 0 aliphatic carbocycles. The van der Waals surface area contributed by atoms with Gasteiger partial charge in [0.15, 0.2) is 0 Å². The van der Waals surface area contributed by atoms with Crippen LogP contribution in [-0.2, 0) is 6.54 Å². The van der Waals surface area contributed by atoms with Gasteiger partial charge in [-0.2, -0.15) is 5.10 Å². The first-order valence-electron chi connectivity index (χ1n) is 4.58. The van der Waals surface area contributed by atoms with Crippen molar-refractivity contribution < 1.29 is 0 Å². The topological polar surface area (TPSA) is 17.8 Å². The molecule has 15 heavy (non-hydrogen) atoms. The number of hydrogen-bond donors (Lipinski definition) is 0. The van der Waals surface area contributed by atoms with Gasteiger partial charge in [-0.05, 0) is 40.0 Å². The van der Waals surface area contributed by atoms with Crippen LogP contribution in [0.4, 0.5) is 0 Å². The van der Waals surface area contributed by atoms with Crippen molar-refractivity contribution >= 4 is 27.5 Å². The highest BCUT2D eigenvalue weighted by atomic mass is 79.9. The Bertz CT molecular complexity index is 479. The van der Waals surface area contributed by atoms with Gasteiger partial charge in [-0.15, -0.1) is 0 Å². The summed E-state index contributed by atoms with van der Waals surface area (Å²) in [7, 11) is 0. The van der Waals surface area contributed by atoms with Crippen molar-refractivity contribution in [1.82, 2.24) is 9.78 Å². The molecule has 1 aromatic carbocycles. The zero-order valence-electron chi connectivity index (χ0n) is 8.24. The molecule has 1 heterocycles. The Balaban J connectivity index is 2.21. The van der Waals surface area contributed by atoms with Crippen molar-refractivity contribution in [3.63, 3.8) is 0 Å². The van der Waals surface area contributed by atoms with E-state index in [-0.39, 0.29) is 0 Å². The summed E-state index contributed by atoms with van der Waals surface area (Å²) >= 11 is 9.32. The van der Waals surface area contributed by atoms with Crippen LogP contribution in [0.15, 0.2) is 35.1 Å². The highest BCUT2D eigenvalue weighted by Crippen LogP contribution is 2.17. The van der Waals surface area contributed by atoms with Crippen molar-refractivity contribution in [2.45, 2.75) is 13.5 Å². The first-order chi connectivity index (χ1) is 7.15. The van der Waals surface area contributed by atoms with Crippen LogP contribution in [0.2, 0.25) is 5.02 Å². The summed E-state index contributed by atoms with van der Waals surface area (Å²) < 4.78 is 2.88. The molecular weight excluding hydrogens is 275 g/mol. The molecule has 0 amide bonds. The average Bonchev–Trinajstić information content (AvgIpc) is 2.58. The van der Waals surface area contributed by atoms with Crippen LogP contribution in [0.25, 0.3) is 0 Å². The average molecular weight is 286 g/mol. The van der Waals surface area contributed by atoms with Gasteiger partial charge in [0.1, 0.15) is 0 Å². The van der Waals surface area contributed by atoms with Crippen molar-refractivity contribution in [2.75, 3.05) is 0 Å². The van der Waals surface area contributed by atoms with Crippen LogP contribution < -0.4 is 0 Å². The Morgan fingerprint density at radius 3 is 2.87 bits per heavy atom. The number of rotatable bonds is 2. The molecule has 0 N–H and O–H groups in total. The van der Waals surface area contributed by atoms with Gasteiger partial charge in [-0.25, -0.2) is 0 Å². The third-order valence-corrected chi connectivity index (χ3v) is 3.00. The van der Waals surface area contributed by atoms with E-state index < -0.39 is 0 Å². The van der Waals surface area contributed by atoms with Gasteiger partial charge in [0.05, 0.1) is 17.2 Å². The maximum Gasteiger partial charge on any atom is 0.0659 e. The molecule has 0 aliphatic heterocycles. The van der Waals surface area contributed by atoms with Crippen LogP contribution in [0.5, 0.6) is 0 Å². The first-order valence-corrected chi connectivity index (χ1v) is 5.75. The van der Waals surface area contributed by atoms with Crippen molar-refractivity contribution in [1.29, 1.82) is 0 Å². The predicted octanol–water partition coefficient (Wildman–Crippen LogP) is 3.66. The molecule has 0 unspecified atom stereocenters. The van der Waals surface area contributed by atoms with Gasteiger partial charge < -0.3 is 0 Å². The van der Waals surface area contributed by atoms with Gasteiger partial charge >= 0.3 is 0 Å². The quantitative estimate of drug-likeness (QED) is 0.823. The second-order valence-corrected chi connectivity index (χ2v) is 4.76. The standard InChI is InChI=1S/C11H10BrClN2/c1-8-4-9(2-3-11(8)13)6-15-7-10(12)5-14-15/h2-5,7H,6H2,1H3. The van der Waals surface area contributed by atoms with E-state index in [1.807, 2.05) is 29.9 Å². The summed E-state index contributed by atoms with van der Waals surface area (Å²) in [5.74, 6) is 0. The molecule has 0 fully saturated rings. The fourth-order valence-electron chi connectivity index (χ4n) is 1.42. The zero-order chi connectivity index (χ0) is 10.8. The van der Waals surface area contributed by atoms with E-state index in [1.54, 1.807) is 6.20 Å². The molecular formula is C11H10BrClN2. The lowest BCUT2D eigenvalue weighted by molar-refractivity contribution is 0.686. The Hall–Kier alpha value is -0.800. The summed E-state index contributed by atoms with van der Waals surface area (Å²) in [5.41, 5.74) is 2.30. The molecule has 0 saturated carbocycles. The zero-order valence-corrected chi connectivity index (χ0v) is 10.6. The number of hydrogen-bond acceptors (Lipinski definition) is 1. The summed E-state index contributed by atoms with van der Waals surface area (Å²) in [6.45, 7) is 2.77. The second kappa shape index (κ2) is 4.37. The number of nitrogens with zero attached hydrogens (tertiary/aromatic N) is 2. The van der Waals surface area contributed by atoms with Crippen molar-refractivity contribution in [3.05, 3.63) is 51.2 Å². The van der Waals surface area contributed by atoms with Gasteiger partial charge in [-0.3, -0.25) is 4.68 Å². The molecule has 2 nitrogen and oxygen atoms in total. The smallest absolute Gasteiger partial charge is 0.0659 e. The van der Waals surface area contributed by atoms with Gasteiger partial charge in [0.2, 0.25) is 0 Å². The van der Waals surface area contributed by atoms with Crippen LogP contribution in [-0.4, -0.2) is 9.78 Å². The Labute approximate surface area is 102 Å².